The van der Waals surface area contributed by atoms with Crippen molar-refractivity contribution in [3.05, 3.63) is 123 Å². The molecule has 0 spiro atoms. The lowest BCUT2D eigenvalue weighted by molar-refractivity contribution is 0.0512. The first-order valence-corrected chi connectivity index (χ1v) is 29.3. The lowest BCUT2D eigenvalue weighted by Crippen LogP contribution is -2.40. The molecule has 2 amide bonds. The molecule has 4 aromatic rings. The van der Waals surface area contributed by atoms with Crippen molar-refractivity contribution in [3.8, 4) is 11.1 Å². The number of rotatable bonds is 12. The molecule has 0 aliphatic heterocycles. The van der Waals surface area contributed by atoms with E-state index in [2.05, 4.69) is 132 Å². The maximum absolute atomic E-state index is 12.0. The van der Waals surface area contributed by atoms with Crippen LogP contribution < -0.4 is 16.1 Å². The van der Waals surface area contributed by atoms with E-state index in [0.29, 0.717) is 31.8 Å². The summed E-state index contributed by atoms with van der Waals surface area (Å²) in [7, 11) is -4.97. The molecule has 4 aromatic carbocycles. The second-order valence-corrected chi connectivity index (χ2v) is 32.2. The van der Waals surface area contributed by atoms with Crippen LogP contribution in [-0.2, 0) is 44.6 Å². The van der Waals surface area contributed by atoms with Crippen LogP contribution >= 0.6 is 15.9 Å². The van der Waals surface area contributed by atoms with E-state index in [1.165, 1.54) is 5.56 Å². The molecule has 0 bridgehead atoms. The smallest absolute Gasteiger partial charge is 0.444 e. The number of carbonyl (C=O) groups excluding carboxylic acids is 2. The number of carbonyl (C=O) groups is 2. The number of amides is 2. The molecule has 4 rings (SSSR count). The first kappa shape index (κ1) is 58.4. The standard InChI is InChI=1S/C26H39NO3Si.C13H23BO3Si.C13H18BrNO2/c1-19-22(17-27-24(28)30-25(2,3)4)14-11-15-23(19)21-13-10-12-20(16-21)18-29-31(8,9)26(5,6)7;1-13(2,3)18(4,5)17-10-11-7-6-8-12(9-11)14(15)16;1-9-10(6-5-7-11(9)14)8-15-12(16)17-13(2,3)4/h10-16H,17-18H2,1-9H3,(H,27,28);6-9,15-16H,10H2,1-5H3;5-7H,8H2,1-4H3,(H,15,16). The molecular formula is C52H80BBrN2O8Si2. The van der Waals surface area contributed by atoms with Gasteiger partial charge in [0.05, 0.1) is 13.2 Å². The number of benzene rings is 4. The van der Waals surface area contributed by atoms with Gasteiger partial charge in [0, 0.05) is 17.6 Å². The molecule has 0 aliphatic rings. The SMILES string of the molecule is CC(C)(C)[Si](C)(C)OCc1cccc(B(O)O)c1.Cc1c(Br)cccc1CNC(=O)OC(C)(C)C.Cc1c(CNC(=O)OC(C)(C)C)cccc1-c1cccc(CO[Si](C)(C)C(C)(C)C)c1. The maximum atomic E-state index is 12.0. The van der Waals surface area contributed by atoms with Crippen LogP contribution in [0.2, 0.25) is 36.3 Å². The minimum Gasteiger partial charge on any atom is -0.444 e. The van der Waals surface area contributed by atoms with Crippen molar-refractivity contribution < 1.29 is 38.0 Å². The largest absolute Gasteiger partial charge is 0.488 e. The Morgan fingerprint density at radius 1 is 0.591 bits per heavy atom. The van der Waals surface area contributed by atoms with Crippen molar-refractivity contribution >= 4 is 57.3 Å². The first-order chi connectivity index (χ1) is 30.1. The fourth-order valence-electron chi connectivity index (χ4n) is 5.63. The van der Waals surface area contributed by atoms with Crippen molar-refractivity contribution in [2.75, 3.05) is 0 Å². The Hall–Kier alpha value is -3.76. The van der Waals surface area contributed by atoms with Crippen LogP contribution in [0.25, 0.3) is 11.1 Å². The first-order valence-electron chi connectivity index (χ1n) is 22.7. The summed E-state index contributed by atoms with van der Waals surface area (Å²) < 4.78 is 24.1. The summed E-state index contributed by atoms with van der Waals surface area (Å²) in [5.41, 5.74) is 8.45. The molecule has 0 unspecified atom stereocenters. The summed E-state index contributed by atoms with van der Waals surface area (Å²) in [6.07, 6.45) is -0.793. The van der Waals surface area contributed by atoms with Gasteiger partial charge < -0.3 is 39.0 Å². The van der Waals surface area contributed by atoms with Crippen LogP contribution in [0, 0.1) is 13.8 Å². The van der Waals surface area contributed by atoms with E-state index in [9.17, 15) is 9.59 Å². The predicted octanol–water partition coefficient (Wildman–Crippen LogP) is 12.9. The number of halogens is 1. The van der Waals surface area contributed by atoms with Crippen molar-refractivity contribution in [1.82, 2.24) is 10.6 Å². The zero-order valence-corrected chi connectivity index (χ0v) is 46.8. The molecule has 0 saturated heterocycles. The second kappa shape index (κ2) is 24.5. The molecule has 0 heterocycles. The number of ether oxygens (including phenoxy) is 2. The van der Waals surface area contributed by atoms with E-state index in [0.717, 1.165) is 43.4 Å². The monoisotopic (exact) mass is 1010 g/mol. The third-order valence-corrected chi connectivity index (χ3v) is 21.6. The highest BCUT2D eigenvalue weighted by Crippen LogP contribution is 2.38. The molecule has 364 valence electrons. The fraction of sp³-hybridized carbons (Fsp3) is 0.500. The second-order valence-electron chi connectivity index (χ2n) is 21.7. The van der Waals surface area contributed by atoms with Gasteiger partial charge in [-0.1, -0.05) is 130 Å². The molecular weight excluding hydrogens is 927 g/mol. The Kier molecular flexibility index (Phi) is 21.7. The molecule has 0 aromatic heterocycles. The molecule has 66 heavy (non-hydrogen) atoms. The average Bonchev–Trinajstić information content (AvgIpc) is 3.18. The van der Waals surface area contributed by atoms with E-state index >= 15 is 0 Å². The number of hydrogen-bond acceptors (Lipinski definition) is 8. The summed E-state index contributed by atoms with van der Waals surface area (Å²) in [4.78, 5) is 23.5. The fourth-order valence-corrected chi connectivity index (χ4v) is 7.96. The highest BCUT2D eigenvalue weighted by molar-refractivity contribution is 9.10. The molecule has 0 fully saturated rings. The average molecular weight is 1010 g/mol. The quantitative estimate of drug-likeness (QED) is 0.103. The molecule has 0 saturated carbocycles. The number of hydrogen-bond donors (Lipinski definition) is 4. The van der Waals surface area contributed by atoms with E-state index in [-0.39, 0.29) is 10.1 Å². The van der Waals surface area contributed by atoms with Gasteiger partial charge in [-0.3, -0.25) is 0 Å². The zero-order valence-electron chi connectivity index (χ0n) is 43.2. The number of nitrogens with one attached hydrogen (secondary N) is 2. The third-order valence-electron chi connectivity index (χ3n) is 11.8. The van der Waals surface area contributed by atoms with E-state index in [4.69, 9.17) is 28.4 Å². The Morgan fingerprint density at radius 2 is 1.00 bits per heavy atom. The molecule has 0 radical (unpaired) electrons. The summed E-state index contributed by atoms with van der Waals surface area (Å²) in [6.45, 7) is 39.6. The van der Waals surface area contributed by atoms with Crippen LogP contribution in [0.1, 0.15) is 116 Å². The van der Waals surface area contributed by atoms with Gasteiger partial charge in [0.25, 0.3) is 0 Å². The van der Waals surface area contributed by atoms with Gasteiger partial charge in [-0.15, -0.1) is 0 Å². The highest BCUT2D eigenvalue weighted by Gasteiger charge is 2.38. The topological polar surface area (TPSA) is 136 Å². The van der Waals surface area contributed by atoms with Gasteiger partial charge >= 0.3 is 19.3 Å². The Bertz CT molecular complexity index is 2190. The van der Waals surface area contributed by atoms with Gasteiger partial charge in [-0.2, -0.15) is 0 Å². The van der Waals surface area contributed by atoms with Crippen molar-refractivity contribution in [2.45, 2.75) is 171 Å². The van der Waals surface area contributed by atoms with Gasteiger partial charge in [0.1, 0.15) is 11.2 Å². The zero-order chi connectivity index (χ0) is 50.5. The summed E-state index contributed by atoms with van der Waals surface area (Å²) in [6, 6.07) is 27.9. The normalized spacial score (nSPS) is 12.2. The summed E-state index contributed by atoms with van der Waals surface area (Å²) in [5, 5.41) is 24.2. The molecule has 4 N–H and O–H groups in total. The third kappa shape index (κ3) is 20.2. The minimum absolute atomic E-state index is 0.182. The Morgan fingerprint density at radius 3 is 1.44 bits per heavy atom. The molecule has 14 heteroatoms. The van der Waals surface area contributed by atoms with E-state index < -0.39 is 47.1 Å². The van der Waals surface area contributed by atoms with Crippen LogP contribution in [0.15, 0.2) is 89.4 Å². The lowest BCUT2D eigenvalue weighted by Gasteiger charge is -2.36. The Labute approximate surface area is 408 Å². The summed E-state index contributed by atoms with van der Waals surface area (Å²) in [5.74, 6) is 0. The van der Waals surface area contributed by atoms with Crippen molar-refractivity contribution in [2.24, 2.45) is 0 Å². The van der Waals surface area contributed by atoms with Gasteiger partial charge in [-0.25, -0.2) is 9.59 Å². The Balaban J connectivity index is 0.000000365. The van der Waals surface area contributed by atoms with E-state index in [1.54, 1.807) is 12.1 Å². The molecule has 10 nitrogen and oxygen atoms in total. The van der Waals surface area contributed by atoms with Gasteiger partial charge in [0.15, 0.2) is 16.6 Å². The molecule has 0 aliphatic carbocycles. The highest BCUT2D eigenvalue weighted by atomic mass is 79.9. The maximum Gasteiger partial charge on any atom is 0.488 e. The van der Waals surface area contributed by atoms with Crippen LogP contribution in [-0.4, -0.2) is 57.2 Å². The number of alkyl carbamates (subject to hydrolysis) is 2. The lowest BCUT2D eigenvalue weighted by atomic mass is 9.80. The summed E-state index contributed by atoms with van der Waals surface area (Å²) >= 11 is 3.46. The van der Waals surface area contributed by atoms with Gasteiger partial charge in [-0.05, 0) is 154 Å². The van der Waals surface area contributed by atoms with Crippen molar-refractivity contribution in [1.29, 1.82) is 0 Å². The molecule has 0 atom stereocenters. The van der Waals surface area contributed by atoms with Crippen LogP contribution in [0.4, 0.5) is 9.59 Å². The predicted molar refractivity (Wildman–Crippen MR) is 282 cm³/mol. The van der Waals surface area contributed by atoms with E-state index in [1.807, 2.05) is 90.9 Å². The van der Waals surface area contributed by atoms with Crippen LogP contribution in [0.3, 0.4) is 0 Å². The minimum atomic E-state index is -1.80. The van der Waals surface area contributed by atoms with Gasteiger partial charge in [0.2, 0.25) is 0 Å². The van der Waals surface area contributed by atoms with Crippen LogP contribution in [0.5, 0.6) is 0 Å². The van der Waals surface area contributed by atoms with Crippen molar-refractivity contribution in [3.63, 3.8) is 0 Å².